The van der Waals surface area contributed by atoms with Crippen molar-refractivity contribution in [3.63, 3.8) is 0 Å². The van der Waals surface area contributed by atoms with E-state index in [1.807, 2.05) is 6.33 Å². The van der Waals surface area contributed by atoms with Gasteiger partial charge < -0.3 is 10.1 Å². The molecule has 0 bridgehead atoms. The molecule has 1 saturated carbocycles. The predicted molar refractivity (Wildman–Crippen MR) is 72.8 cm³/mol. The molecular weight excluding hydrogens is 240 g/mol. The summed E-state index contributed by atoms with van der Waals surface area (Å²) in [4.78, 5) is 4.40. The highest BCUT2D eigenvalue weighted by molar-refractivity contribution is 4.96. The van der Waals surface area contributed by atoms with Gasteiger partial charge in [-0.15, -0.1) is 0 Å². The molecule has 1 saturated heterocycles. The predicted octanol–water partition coefficient (Wildman–Crippen LogP) is 2.05. The van der Waals surface area contributed by atoms with E-state index in [1.165, 1.54) is 19.3 Å². The minimum atomic E-state index is 0.172. The molecule has 3 rings (SSSR count). The highest BCUT2D eigenvalue weighted by Gasteiger charge is 2.43. The van der Waals surface area contributed by atoms with Crippen LogP contribution in [0.25, 0.3) is 0 Å². The van der Waals surface area contributed by atoms with Gasteiger partial charge >= 0.3 is 0 Å². The van der Waals surface area contributed by atoms with Crippen molar-refractivity contribution >= 4 is 0 Å². The van der Waals surface area contributed by atoms with E-state index in [4.69, 9.17) is 4.74 Å². The molecular formula is C14H24N4O. The lowest BCUT2D eigenvalue weighted by molar-refractivity contribution is -0.141. The maximum absolute atomic E-state index is 5.97. The lowest BCUT2D eigenvalue weighted by Crippen LogP contribution is -2.46. The molecule has 5 nitrogen and oxygen atoms in total. The van der Waals surface area contributed by atoms with Gasteiger partial charge in [-0.1, -0.05) is 13.8 Å². The highest BCUT2D eigenvalue weighted by atomic mass is 16.5. The van der Waals surface area contributed by atoms with E-state index in [0.717, 1.165) is 31.8 Å². The number of ether oxygens (including phenoxy) is 1. The van der Waals surface area contributed by atoms with Crippen LogP contribution < -0.4 is 5.32 Å². The third-order valence-electron chi connectivity index (χ3n) is 4.33. The average Bonchev–Trinajstić information content (AvgIpc) is 2.83. The normalized spacial score (nSPS) is 25.7. The van der Waals surface area contributed by atoms with Gasteiger partial charge in [-0.3, -0.25) is 0 Å². The summed E-state index contributed by atoms with van der Waals surface area (Å²) in [6.45, 7) is 5.88. The molecule has 2 aliphatic rings. The van der Waals surface area contributed by atoms with E-state index in [1.54, 1.807) is 0 Å². The summed E-state index contributed by atoms with van der Waals surface area (Å²) in [5.41, 5.74) is 0.172. The van der Waals surface area contributed by atoms with E-state index in [-0.39, 0.29) is 5.60 Å². The molecule has 1 aliphatic carbocycles. The van der Waals surface area contributed by atoms with Crippen LogP contribution in [0.5, 0.6) is 0 Å². The van der Waals surface area contributed by atoms with Crippen LogP contribution >= 0.6 is 0 Å². The van der Waals surface area contributed by atoms with Crippen molar-refractivity contribution in [2.45, 2.75) is 70.2 Å². The lowest BCUT2D eigenvalue weighted by atomic mass is 9.74. The summed E-state index contributed by atoms with van der Waals surface area (Å²) in [5, 5.41) is 7.97. The van der Waals surface area contributed by atoms with Crippen LogP contribution in [0.4, 0.5) is 0 Å². The first kappa shape index (κ1) is 13.1. The smallest absolute Gasteiger partial charge is 0.164 e. The summed E-state index contributed by atoms with van der Waals surface area (Å²) >= 11 is 0. The summed E-state index contributed by atoms with van der Waals surface area (Å²) < 4.78 is 8.02. The molecule has 106 valence electrons. The summed E-state index contributed by atoms with van der Waals surface area (Å²) in [6, 6.07) is 0.933. The Kier molecular flexibility index (Phi) is 3.58. The van der Waals surface area contributed by atoms with Crippen LogP contribution in [-0.2, 0) is 11.3 Å². The van der Waals surface area contributed by atoms with Gasteiger partial charge in [0.25, 0.3) is 0 Å². The van der Waals surface area contributed by atoms with Gasteiger partial charge in [-0.05, 0) is 32.1 Å². The molecule has 2 fully saturated rings. The first-order valence-corrected chi connectivity index (χ1v) is 7.44. The lowest BCUT2D eigenvalue weighted by Gasteiger charge is -2.47. The maximum Gasteiger partial charge on any atom is 0.164 e. The molecule has 0 amide bonds. The zero-order valence-corrected chi connectivity index (χ0v) is 11.9. The van der Waals surface area contributed by atoms with Gasteiger partial charge in [0.2, 0.25) is 0 Å². The van der Waals surface area contributed by atoms with Crippen molar-refractivity contribution in [2.24, 2.45) is 0 Å². The fraction of sp³-hybridized carbons (Fsp3) is 0.857. The average molecular weight is 264 g/mol. The van der Waals surface area contributed by atoms with E-state index < -0.39 is 0 Å². The topological polar surface area (TPSA) is 52.0 Å². The molecule has 0 aromatic carbocycles. The Morgan fingerprint density at radius 3 is 3.05 bits per heavy atom. The van der Waals surface area contributed by atoms with Crippen LogP contribution in [0.2, 0.25) is 0 Å². The van der Waals surface area contributed by atoms with Gasteiger partial charge in [0.05, 0.1) is 18.2 Å². The standard InChI is InChI=1S/C14H24N4O/c1-11(2)15-9-13-16-10-18(17-13)12-4-7-19-14(8-12)5-3-6-14/h10-12,15H,3-9H2,1-2H3. The molecule has 1 spiro atoms. The first-order valence-electron chi connectivity index (χ1n) is 7.44. The van der Waals surface area contributed by atoms with Gasteiger partial charge in [-0.25, -0.2) is 9.67 Å². The highest BCUT2D eigenvalue weighted by Crippen LogP contribution is 2.45. The molecule has 1 N–H and O–H groups in total. The number of rotatable bonds is 4. The minimum Gasteiger partial charge on any atom is -0.375 e. The number of nitrogens with zero attached hydrogens (tertiary/aromatic N) is 3. The Hall–Kier alpha value is -0.940. The van der Waals surface area contributed by atoms with Gasteiger partial charge in [0, 0.05) is 12.6 Å². The fourth-order valence-corrected chi connectivity index (χ4v) is 3.01. The number of hydrogen-bond acceptors (Lipinski definition) is 4. The largest absolute Gasteiger partial charge is 0.375 e. The Labute approximate surface area is 114 Å². The van der Waals surface area contributed by atoms with Gasteiger partial charge in [0.15, 0.2) is 5.82 Å². The van der Waals surface area contributed by atoms with Crippen LogP contribution in [0, 0.1) is 0 Å². The van der Waals surface area contributed by atoms with Crippen LogP contribution in [-0.4, -0.2) is 33.0 Å². The van der Waals surface area contributed by atoms with Crippen LogP contribution in [0.3, 0.4) is 0 Å². The van der Waals surface area contributed by atoms with E-state index in [9.17, 15) is 0 Å². The SMILES string of the molecule is CC(C)NCc1ncn(C2CCOC3(CCC3)C2)n1. The zero-order valence-electron chi connectivity index (χ0n) is 11.9. The maximum atomic E-state index is 5.97. The number of aromatic nitrogens is 3. The Morgan fingerprint density at radius 2 is 2.37 bits per heavy atom. The Morgan fingerprint density at radius 1 is 1.53 bits per heavy atom. The van der Waals surface area contributed by atoms with Crippen molar-refractivity contribution in [2.75, 3.05) is 6.61 Å². The minimum absolute atomic E-state index is 0.172. The molecule has 0 radical (unpaired) electrons. The number of nitrogens with one attached hydrogen (secondary N) is 1. The van der Waals surface area contributed by atoms with Crippen molar-refractivity contribution in [3.05, 3.63) is 12.2 Å². The van der Waals surface area contributed by atoms with Crippen molar-refractivity contribution in [1.82, 2.24) is 20.1 Å². The summed E-state index contributed by atoms with van der Waals surface area (Å²) in [5.74, 6) is 0.892. The first-order chi connectivity index (χ1) is 9.17. The van der Waals surface area contributed by atoms with Gasteiger partial charge in [0.1, 0.15) is 6.33 Å². The monoisotopic (exact) mass is 264 g/mol. The molecule has 1 aromatic heterocycles. The summed E-state index contributed by atoms with van der Waals surface area (Å²) in [7, 11) is 0. The zero-order chi connectivity index (χ0) is 13.3. The van der Waals surface area contributed by atoms with E-state index >= 15 is 0 Å². The van der Waals surface area contributed by atoms with E-state index in [0.29, 0.717) is 12.1 Å². The van der Waals surface area contributed by atoms with Crippen molar-refractivity contribution in [1.29, 1.82) is 0 Å². The second kappa shape index (κ2) is 5.21. The molecule has 5 heteroatoms. The third kappa shape index (κ3) is 2.82. The molecule has 1 aromatic rings. The molecule has 1 atom stereocenters. The Balaban J connectivity index is 1.62. The molecule has 2 heterocycles. The van der Waals surface area contributed by atoms with Crippen molar-refractivity contribution in [3.8, 4) is 0 Å². The fourth-order valence-electron chi connectivity index (χ4n) is 3.01. The van der Waals surface area contributed by atoms with Crippen LogP contribution in [0.1, 0.15) is 57.8 Å². The van der Waals surface area contributed by atoms with Crippen LogP contribution in [0.15, 0.2) is 6.33 Å². The number of hydrogen-bond donors (Lipinski definition) is 1. The second-order valence-corrected chi connectivity index (χ2v) is 6.21. The molecule has 1 aliphatic heterocycles. The second-order valence-electron chi connectivity index (χ2n) is 6.21. The third-order valence-corrected chi connectivity index (χ3v) is 4.33. The van der Waals surface area contributed by atoms with Gasteiger partial charge in [-0.2, -0.15) is 5.10 Å². The molecule has 1 unspecified atom stereocenters. The molecule has 19 heavy (non-hydrogen) atoms. The quantitative estimate of drug-likeness (QED) is 0.904. The van der Waals surface area contributed by atoms with Crippen molar-refractivity contribution < 1.29 is 4.74 Å². The van der Waals surface area contributed by atoms with E-state index in [2.05, 4.69) is 33.9 Å². The Bertz CT molecular complexity index is 425. The summed E-state index contributed by atoms with van der Waals surface area (Å²) in [6.07, 6.45) is 7.81.